The number of benzene rings is 1. The molecule has 0 unspecified atom stereocenters. The molecule has 8 nitrogen and oxygen atoms in total. The Kier molecular flexibility index (Phi) is 4.99. The molecular weight excluding hydrogens is 332 g/mol. The van der Waals surface area contributed by atoms with Crippen LogP contribution in [-0.4, -0.2) is 36.4 Å². The number of nitrogens with zero attached hydrogens (tertiary/aromatic N) is 3. The van der Waals surface area contributed by atoms with E-state index in [-0.39, 0.29) is 15.9 Å². The fourth-order valence-electron chi connectivity index (χ4n) is 1.66. The zero-order valence-electron chi connectivity index (χ0n) is 11.3. The molecule has 10 heteroatoms. The molecule has 0 saturated carbocycles. The van der Waals surface area contributed by atoms with Gasteiger partial charge in [-0.1, -0.05) is 30.3 Å². The number of aromatic nitrogens is 3. The van der Waals surface area contributed by atoms with Crippen LogP contribution in [0.2, 0.25) is 5.02 Å². The zero-order valence-corrected chi connectivity index (χ0v) is 12.9. The highest BCUT2D eigenvalue weighted by Gasteiger charge is 2.20. The monoisotopic (exact) mass is 342 g/mol. The number of H-pyrrole nitrogens is 1. The van der Waals surface area contributed by atoms with Gasteiger partial charge in [0.2, 0.25) is 5.16 Å². The number of nitro groups is 1. The van der Waals surface area contributed by atoms with E-state index in [0.29, 0.717) is 17.8 Å². The molecule has 116 valence electrons. The van der Waals surface area contributed by atoms with E-state index in [1.54, 1.807) is 13.0 Å². The Bertz CT molecular complexity index is 721. The van der Waals surface area contributed by atoms with E-state index in [2.05, 4.69) is 15.2 Å². The van der Waals surface area contributed by atoms with Gasteiger partial charge in [0.05, 0.1) is 4.92 Å². The van der Waals surface area contributed by atoms with Gasteiger partial charge < -0.3 is 5.11 Å². The SMILES string of the molecule is CC[C@@H](Sc1n[nH]c(-c2ccc(Cl)c([N+](=O)[O-])c2)n1)C(=O)O. The van der Waals surface area contributed by atoms with Gasteiger partial charge in [0.1, 0.15) is 10.3 Å². The standard InChI is InChI=1S/C12H11ClN4O4S/c1-2-9(11(18)19)22-12-14-10(15-16-12)6-3-4-7(13)8(5-6)17(20)21/h3-5,9H,2H2,1H3,(H,18,19)(H,14,15,16)/t9-/m1/s1. The molecular formula is C12H11ClN4O4S. The number of nitro benzene ring substituents is 1. The van der Waals surface area contributed by atoms with Crippen LogP contribution in [0.5, 0.6) is 0 Å². The Morgan fingerprint density at radius 3 is 2.91 bits per heavy atom. The summed E-state index contributed by atoms with van der Waals surface area (Å²) in [6.07, 6.45) is 0.427. The summed E-state index contributed by atoms with van der Waals surface area (Å²) in [5, 5.41) is 26.1. The number of carboxylic acid groups (broad SMARTS) is 1. The Hall–Kier alpha value is -2.13. The van der Waals surface area contributed by atoms with Gasteiger partial charge >= 0.3 is 5.97 Å². The van der Waals surface area contributed by atoms with Crippen molar-refractivity contribution in [2.45, 2.75) is 23.8 Å². The van der Waals surface area contributed by atoms with Crippen molar-refractivity contribution in [2.24, 2.45) is 0 Å². The first kappa shape index (κ1) is 16.2. The van der Waals surface area contributed by atoms with Crippen LogP contribution in [0.25, 0.3) is 11.4 Å². The summed E-state index contributed by atoms with van der Waals surface area (Å²) in [7, 11) is 0. The topological polar surface area (TPSA) is 122 Å². The first-order valence-corrected chi connectivity index (χ1v) is 7.44. The van der Waals surface area contributed by atoms with Crippen LogP contribution in [0.15, 0.2) is 23.4 Å². The maximum atomic E-state index is 11.0. The number of carbonyl (C=O) groups is 1. The molecule has 0 fully saturated rings. The van der Waals surface area contributed by atoms with E-state index in [1.807, 2.05) is 0 Å². The van der Waals surface area contributed by atoms with E-state index in [1.165, 1.54) is 12.1 Å². The number of hydrogen-bond donors (Lipinski definition) is 2. The van der Waals surface area contributed by atoms with Crippen molar-refractivity contribution in [1.29, 1.82) is 0 Å². The molecule has 0 aliphatic heterocycles. The molecule has 0 aliphatic rings. The summed E-state index contributed by atoms with van der Waals surface area (Å²) in [6.45, 7) is 1.75. The normalized spacial score (nSPS) is 12.1. The third-order valence-corrected chi connectivity index (χ3v) is 4.31. The lowest BCUT2D eigenvalue weighted by molar-refractivity contribution is -0.384. The van der Waals surface area contributed by atoms with Crippen LogP contribution in [-0.2, 0) is 4.79 Å². The third-order valence-electron chi connectivity index (χ3n) is 2.78. The summed E-state index contributed by atoms with van der Waals surface area (Å²) >= 11 is 6.76. The number of nitrogens with one attached hydrogen (secondary N) is 1. The molecule has 2 N–H and O–H groups in total. The van der Waals surface area contributed by atoms with Crippen molar-refractivity contribution in [2.75, 3.05) is 0 Å². The number of halogens is 1. The van der Waals surface area contributed by atoms with Gasteiger partial charge in [0, 0.05) is 11.6 Å². The van der Waals surface area contributed by atoms with Crippen molar-refractivity contribution >= 4 is 35.0 Å². The van der Waals surface area contributed by atoms with Crippen LogP contribution in [0.1, 0.15) is 13.3 Å². The summed E-state index contributed by atoms with van der Waals surface area (Å²) in [5.41, 5.74) is 0.209. The lowest BCUT2D eigenvalue weighted by Gasteiger charge is -2.04. The second-order valence-corrected chi connectivity index (χ2v) is 5.82. The summed E-state index contributed by atoms with van der Waals surface area (Å²) in [6, 6.07) is 4.25. The van der Waals surface area contributed by atoms with Crippen molar-refractivity contribution in [1.82, 2.24) is 15.2 Å². The summed E-state index contributed by atoms with van der Waals surface area (Å²) in [4.78, 5) is 25.4. The lowest BCUT2D eigenvalue weighted by atomic mass is 10.2. The summed E-state index contributed by atoms with van der Waals surface area (Å²) in [5.74, 6) is -0.636. The minimum atomic E-state index is -0.944. The molecule has 0 aliphatic carbocycles. The molecule has 1 aromatic heterocycles. The van der Waals surface area contributed by atoms with Crippen molar-refractivity contribution < 1.29 is 14.8 Å². The molecule has 1 aromatic carbocycles. The van der Waals surface area contributed by atoms with E-state index in [0.717, 1.165) is 11.8 Å². The van der Waals surface area contributed by atoms with Gasteiger partial charge in [-0.3, -0.25) is 20.0 Å². The fourth-order valence-corrected chi connectivity index (χ4v) is 2.61. The van der Waals surface area contributed by atoms with Crippen molar-refractivity contribution in [3.63, 3.8) is 0 Å². The van der Waals surface area contributed by atoms with Gasteiger partial charge in [-0.15, -0.1) is 5.10 Å². The highest BCUT2D eigenvalue weighted by molar-refractivity contribution is 8.00. The minimum absolute atomic E-state index is 0.0276. The third kappa shape index (κ3) is 3.55. The first-order valence-electron chi connectivity index (χ1n) is 6.18. The van der Waals surface area contributed by atoms with Crippen LogP contribution in [0.3, 0.4) is 0 Å². The average Bonchev–Trinajstić information content (AvgIpc) is 2.93. The molecule has 0 saturated heterocycles. The maximum absolute atomic E-state index is 11.0. The Morgan fingerprint density at radius 1 is 1.59 bits per heavy atom. The number of carboxylic acids is 1. The number of aromatic amines is 1. The van der Waals surface area contributed by atoms with Crippen LogP contribution >= 0.6 is 23.4 Å². The van der Waals surface area contributed by atoms with E-state index < -0.39 is 16.1 Å². The Morgan fingerprint density at radius 2 is 2.32 bits per heavy atom. The predicted molar refractivity (Wildman–Crippen MR) is 81.1 cm³/mol. The van der Waals surface area contributed by atoms with Crippen LogP contribution in [0.4, 0.5) is 5.69 Å². The molecule has 1 atom stereocenters. The number of thioether (sulfide) groups is 1. The lowest BCUT2D eigenvalue weighted by Crippen LogP contribution is -2.14. The van der Waals surface area contributed by atoms with Gasteiger partial charge in [-0.05, 0) is 18.6 Å². The number of rotatable bonds is 6. The predicted octanol–water partition coefficient (Wildman–Crippen LogP) is 2.99. The minimum Gasteiger partial charge on any atom is -0.480 e. The van der Waals surface area contributed by atoms with E-state index >= 15 is 0 Å². The van der Waals surface area contributed by atoms with Crippen molar-refractivity contribution in [3.05, 3.63) is 33.3 Å². The quantitative estimate of drug-likeness (QED) is 0.470. The van der Waals surface area contributed by atoms with Crippen LogP contribution in [0, 0.1) is 10.1 Å². The second-order valence-electron chi connectivity index (χ2n) is 4.24. The maximum Gasteiger partial charge on any atom is 0.317 e. The highest BCUT2D eigenvalue weighted by Crippen LogP contribution is 2.30. The van der Waals surface area contributed by atoms with Gasteiger partial charge in [-0.2, -0.15) is 0 Å². The molecule has 2 rings (SSSR count). The second kappa shape index (κ2) is 6.75. The number of aliphatic carboxylic acids is 1. The van der Waals surface area contributed by atoms with Gasteiger partial charge in [0.15, 0.2) is 5.82 Å². The average molecular weight is 343 g/mol. The Balaban J connectivity index is 2.26. The zero-order chi connectivity index (χ0) is 16.3. The van der Waals surface area contributed by atoms with Gasteiger partial charge in [0.25, 0.3) is 5.69 Å². The molecule has 0 bridgehead atoms. The molecule has 2 aromatic rings. The molecule has 22 heavy (non-hydrogen) atoms. The summed E-state index contributed by atoms with van der Waals surface area (Å²) < 4.78 is 0. The highest BCUT2D eigenvalue weighted by atomic mass is 35.5. The first-order chi connectivity index (χ1) is 10.4. The fraction of sp³-hybridized carbons (Fsp3) is 0.250. The number of hydrogen-bond acceptors (Lipinski definition) is 6. The molecule has 0 amide bonds. The van der Waals surface area contributed by atoms with Crippen LogP contribution < -0.4 is 0 Å². The molecule has 1 heterocycles. The van der Waals surface area contributed by atoms with Gasteiger partial charge in [-0.25, -0.2) is 4.98 Å². The van der Waals surface area contributed by atoms with Crippen molar-refractivity contribution in [3.8, 4) is 11.4 Å². The largest absolute Gasteiger partial charge is 0.480 e. The Labute approximate surface area is 134 Å². The van der Waals surface area contributed by atoms with E-state index in [4.69, 9.17) is 16.7 Å². The smallest absolute Gasteiger partial charge is 0.317 e. The van der Waals surface area contributed by atoms with E-state index in [9.17, 15) is 14.9 Å². The molecule has 0 spiro atoms. The molecule has 0 radical (unpaired) electrons.